The molecule has 0 unspecified atom stereocenters. The van der Waals surface area contributed by atoms with E-state index < -0.39 is 0 Å². The molecule has 29 heavy (non-hydrogen) atoms. The van der Waals surface area contributed by atoms with Gasteiger partial charge in [0.25, 0.3) is 4.84 Å². The van der Waals surface area contributed by atoms with E-state index in [0.29, 0.717) is 43.7 Å². The minimum Gasteiger partial charge on any atom is -0.409 e. The van der Waals surface area contributed by atoms with E-state index in [1.165, 1.54) is 11.1 Å². The fourth-order valence-corrected chi connectivity index (χ4v) is 4.34. The van der Waals surface area contributed by atoms with Crippen molar-refractivity contribution >= 4 is 18.1 Å². The Balaban J connectivity index is 1.36. The molecule has 2 aromatic rings. The highest BCUT2D eigenvalue weighted by atomic mass is 32.1. The second-order valence-electron chi connectivity index (χ2n) is 8.02. The van der Waals surface area contributed by atoms with E-state index in [-0.39, 0.29) is 11.8 Å². The third kappa shape index (κ3) is 4.76. The lowest BCUT2D eigenvalue weighted by atomic mass is 9.95. The van der Waals surface area contributed by atoms with E-state index >= 15 is 0 Å². The number of benzene rings is 1. The molecule has 8 heteroatoms. The number of carbonyl (C=O) groups excluding carboxylic acids is 1. The van der Waals surface area contributed by atoms with E-state index in [9.17, 15) is 4.79 Å². The summed E-state index contributed by atoms with van der Waals surface area (Å²) in [5.74, 6) is 0.947. The van der Waals surface area contributed by atoms with E-state index in [1.54, 1.807) is 4.68 Å². The molecule has 1 amide bonds. The molecule has 0 radical (unpaired) electrons. The molecular weight excluding hydrogens is 388 g/mol. The van der Waals surface area contributed by atoms with Crippen molar-refractivity contribution in [2.45, 2.75) is 33.4 Å². The first-order chi connectivity index (χ1) is 14.0. The topological polar surface area (TPSA) is 63.7 Å². The molecule has 4 rings (SSSR count). The van der Waals surface area contributed by atoms with Crippen molar-refractivity contribution in [3.8, 4) is 11.5 Å². The van der Waals surface area contributed by atoms with Crippen molar-refractivity contribution in [3.05, 3.63) is 34.2 Å². The summed E-state index contributed by atoms with van der Waals surface area (Å²) >= 11 is 5.39. The van der Waals surface area contributed by atoms with Crippen molar-refractivity contribution in [1.82, 2.24) is 19.6 Å². The zero-order chi connectivity index (χ0) is 20.4. The Bertz CT molecular complexity index is 904. The number of likely N-dealkylation sites (tertiary alicyclic amines) is 1. The Morgan fingerprint density at radius 1 is 1.10 bits per heavy atom. The molecule has 2 saturated heterocycles. The lowest BCUT2D eigenvalue weighted by molar-refractivity contribution is -0.141. The molecule has 2 aliphatic rings. The number of morpholine rings is 1. The van der Waals surface area contributed by atoms with Crippen LogP contribution in [0.15, 0.2) is 22.6 Å². The second-order valence-corrected chi connectivity index (χ2v) is 8.37. The molecule has 0 N–H and O–H groups in total. The summed E-state index contributed by atoms with van der Waals surface area (Å²) in [5.41, 5.74) is 3.28. The van der Waals surface area contributed by atoms with Gasteiger partial charge in [0, 0.05) is 37.7 Å². The van der Waals surface area contributed by atoms with E-state index in [0.717, 1.165) is 31.5 Å². The van der Waals surface area contributed by atoms with Gasteiger partial charge < -0.3 is 14.1 Å². The molecule has 0 aliphatic carbocycles. The van der Waals surface area contributed by atoms with Crippen molar-refractivity contribution < 1.29 is 13.9 Å². The van der Waals surface area contributed by atoms with Crippen molar-refractivity contribution in [2.75, 3.05) is 39.4 Å². The Morgan fingerprint density at radius 2 is 1.76 bits per heavy atom. The summed E-state index contributed by atoms with van der Waals surface area (Å²) in [6, 6.07) is 6.23. The number of carbonyl (C=O) groups is 1. The minimum atomic E-state index is 0.112. The van der Waals surface area contributed by atoms with Gasteiger partial charge in [0.05, 0.1) is 19.9 Å². The van der Waals surface area contributed by atoms with Gasteiger partial charge in [0.1, 0.15) is 0 Å². The van der Waals surface area contributed by atoms with Crippen LogP contribution in [0.1, 0.15) is 24.0 Å². The Labute approximate surface area is 176 Å². The maximum absolute atomic E-state index is 12.7. The summed E-state index contributed by atoms with van der Waals surface area (Å²) in [4.78, 5) is 17.3. The van der Waals surface area contributed by atoms with Crippen LogP contribution >= 0.6 is 12.2 Å². The van der Waals surface area contributed by atoms with Crippen LogP contribution in [-0.2, 0) is 16.2 Å². The van der Waals surface area contributed by atoms with Crippen LogP contribution in [0.4, 0.5) is 0 Å². The molecule has 2 fully saturated rings. The van der Waals surface area contributed by atoms with Crippen molar-refractivity contribution in [3.63, 3.8) is 0 Å². The van der Waals surface area contributed by atoms with E-state index in [2.05, 4.69) is 42.0 Å². The number of aromatic nitrogens is 2. The Kier molecular flexibility index (Phi) is 6.12. The van der Waals surface area contributed by atoms with Crippen LogP contribution in [0.2, 0.25) is 0 Å². The summed E-state index contributed by atoms with van der Waals surface area (Å²) in [5, 5.41) is 4.60. The molecule has 7 nitrogen and oxygen atoms in total. The number of hydrogen-bond acceptors (Lipinski definition) is 6. The van der Waals surface area contributed by atoms with Crippen LogP contribution in [-0.4, -0.2) is 64.9 Å². The number of aryl methyl sites for hydroxylation is 2. The number of amides is 1. The molecular formula is C21H28N4O3S. The van der Waals surface area contributed by atoms with Gasteiger partial charge >= 0.3 is 0 Å². The average Bonchev–Trinajstić information content (AvgIpc) is 3.08. The number of hydrogen-bond donors (Lipinski definition) is 0. The van der Waals surface area contributed by atoms with Gasteiger partial charge in [-0.05, 0) is 51.0 Å². The number of nitrogens with zero attached hydrogens (tertiary/aromatic N) is 4. The molecule has 0 atom stereocenters. The zero-order valence-corrected chi connectivity index (χ0v) is 17.9. The van der Waals surface area contributed by atoms with Gasteiger partial charge in [0.2, 0.25) is 11.8 Å². The highest BCUT2D eigenvalue weighted by molar-refractivity contribution is 7.71. The first-order valence-electron chi connectivity index (χ1n) is 10.2. The minimum absolute atomic E-state index is 0.112. The quantitative estimate of drug-likeness (QED) is 0.714. The lowest BCUT2D eigenvalue weighted by Gasteiger charge is -2.35. The molecule has 1 aromatic heterocycles. The Hall–Kier alpha value is -2.03. The summed E-state index contributed by atoms with van der Waals surface area (Å²) in [6.07, 6.45) is 1.73. The molecule has 3 heterocycles. The third-order valence-electron chi connectivity index (χ3n) is 5.67. The molecule has 156 valence electrons. The normalized spacial score (nSPS) is 18.9. The number of piperidine rings is 1. The maximum Gasteiger partial charge on any atom is 0.288 e. The smallest absolute Gasteiger partial charge is 0.288 e. The van der Waals surface area contributed by atoms with Crippen LogP contribution < -0.4 is 0 Å². The van der Waals surface area contributed by atoms with Gasteiger partial charge in [-0.1, -0.05) is 17.2 Å². The molecule has 0 spiro atoms. The van der Waals surface area contributed by atoms with Gasteiger partial charge in [-0.25, -0.2) is 4.68 Å². The van der Waals surface area contributed by atoms with Gasteiger partial charge in [-0.15, -0.1) is 5.10 Å². The first kappa shape index (κ1) is 20.3. The first-order valence-corrected chi connectivity index (χ1v) is 10.7. The van der Waals surface area contributed by atoms with Gasteiger partial charge in [-0.2, -0.15) is 0 Å². The van der Waals surface area contributed by atoms with E-state index in [1.807, 2.05) is 4.90 Å². The lowest BCUT2D eigenvalue weighted by Crippen LogP contribution is -2.47. The highest BCUT2D eigenvalue weighted by Gasteiger charge is 2.29. The third-order valence-corrected chi connectivity index (χ3v) is 5.96. The fourth-order valence-electron chi connectivity index (χ4n) is 4.16. The predicted molar refractivity (Wildman–Crippen MR) is 112 cm³/mol. The van der Waals surface area contributed by atoms with Crippen molar-refractivity contribution in [1.29, 1.82) is 0 Å². The van der Waals surface area contributed by atoms with Crippen LogP contribution in [0.25, 0.3) is 11.5 Å². The molecule has 0 saturated carbocycles. The largest absolute Gasteiger partial charge is 0.409 e. The van der Waals surface area contributed by atoms with Gasteiger partial charge in [-0.3, -0.25) is 9.69 Å². The van der Waals surface area contributed by atoms with Crippen LogP contribution in [0.5, 0.6) is 0 Å². The zero-order valence-electron chi connectivity index (χ0n) is 17.1. The monoisotopic (exact) mass is 416 g/mol. The van der Waals surface area contributed by atoms with Crippen LogP contribution in [0, 0.1) is 24.6 Å². The summed E-state index contributed by atoms with van der Waals surface area (Å²) < 4.78 is 12.8. The highest BCUT2D eigenvalue weighted by Crippen LogP contribution is 2.23. The van der Waals surface area contributed by atoms with Crippen LogP contribution in [0.3, 0.4) is 0 Å². The summed E-state index contributed by atoms with van der Waals surface area (Å²) in [7, 11) is 0. The number of ether oxygens (including phenoxy) is 1. The molecule has 2 aliphatic heterocycles. The maximum atomic E-state index is 12.7. The molecule has 1 aromatic carbocycles. The predicted octanol–water partition coefficient (Wildman–Crippen LogP) is 3.02. The fraction of sp³-hybridized carbons (Fsp3) is 0.571. The SMILES string of the molecule is Cc1cc(C)cc(-c2nn(CN3CCC(C(=O)N4CCOCC4)CC3)c(=S)o2)c1. The summed E-state index contributed by atoms with van der Waals surface area (Å²) in [6.45, 7) is 9.15. The van der Waals surface area contributed by atoms with E-state index in [4.69, 9.17) is 21.4 Å². The standard InChI is InChI=1S/C21H28N4O3S/c1-15-11-16(2)13-18(12-15)19-22-25(21(29)28-19)14-23-5-3-17(4-6-23)20(26)24-7-9-27-10-8-24/h11-13,17H,3-10,14H2,1-2H3. The number of rotatable bonds is 4. The Morgan fingerprint density at radius 3 is 2.41 bits per heavy atom. The second kappa shape index (κ2) is 8.77. The molecule has 0 bridgehead atoms. The average molecular weight is 417 g/mol. The van der Waals surface area contributed by atoms with Crippen molar-refractivity contribution in [2.24, 2.45) is 5.92 Å². The van der Waals surface area contributed by atoms with Gasteiger partial charge in [0.15, 0.2) is 0 Å².